The first kappa shape index (κ1) is 16.4. The summed E-state index contributed by atoms with van der Waals surface area (Å²) in [5.74, 6) is 0.870. The number of rotatable bonds is 4. The molecule has 126 valence electrons. The second-order valence-corrected chi connectivity index (χ2v) is 7.26. The Morgan fingerprint density at radius 2 is 2.13 bits per heavy atom. The maximum atomic E-state index is 12.7. The first-order valence-corrected chi connectivity index (χ1v) is 8.41. The topological polar surface area (TPSA) is 42.7 Å². The predicted molar refractivity (Wildman–Crippen MR) is 82.3 cm³/mol. The molecular weight excluding hydrogens is 325 g/mol. The summed E-state index contributed by atoms with van der Waals surface area (Å²) in [5, 5.41) is 4.46. The fourth-order valence-corrected chi connectivity index (χ4v) is 3.85. The highest BCUT2D eigenvalue weighted by atomic mass is 32.1. The molecule has 0 radical (unpaired) electrons. The van der Waals surface area contributed by atoms with Crippen LogP contribution in [-0.2, 0) is 25.7 Å². The second-order valence-electron chi connectivity index (χ2n) is 5.97. The van der Waals surface area contributed by atoms with E-state index >= 15 is 0 Å². The van der Waals surface area contributed by atoms with Crippen LogP contribution in [0, 0.1) is 19.8 Å². The quantitative estimate of drug-likeness (QED) is 0.925. The number of imidazole rings is 1. The number of thiazole rings is 1. The van der Waals surface area contributed by atoms with E-state index in [0.717, 1.165) is 36.4 Å². The Morgan fingerprint density at radius 1 is 1.35 bits per heavy atom. The van der Waals surface area contributed by atoms with Gasteiger partial charge in [-0.25, -0.2) is 9.97 Å². The molecule has 1 N–H and O–H groups in total. The van der Waals surface area contributed by atoms with E-state index in [-0.39, 0.29) is 0 Å². The molecule has 4 nitrogen and oxygen atoms in total. The lowest BCUT2D eigenvalue weighted by atomic mass is 9.99. The van der Waals surface area contributed by atoms with Crippen molar-refractivity contribution in [3.8, 4) is 0 Å². The monoisotopic (exact) mass is 344 g/mol. The van der Waals surface area contributed by atoms with Gasteiger partial charge in [-0.3, -0.25) is 0 Å². The summed E-state index contributed by atoms with van der Waals surface area (Å²) in [6.45, 7) is 6.12. The number of aromatic nitrogens is 3. The molecule has 0 saturated heterocycles. The zero-order valence-electron chi connectivity index (χ0n) is 13.1. The van der Waals surface area contributed by atoms with Gasteiger partial charge in [-0.15, -0.1) is 11.3 Å². The van der Waals surface area contributed by atoms with Crippen LogP contribution in [0.15, 0.2) is 6.20 Å². The Balaban J connectivity index is 1.55. The Hall–Kier alpha value is -1.41. The van der Waals surface area contributed by atoms with Crippen LogP contribution in [0.3, 0.4) is 0 Å². The highest BCUT2D eigenvalue weighted by Crippen LogP contribution is 2.30. The van der Waals surface area contributed by atoms with Gasteiger partial charge in [-0.1, -0.05) is 0 Å². The van der Waals surface area contributed by atoms with Crippen LogP contribution in [-0.4, -0.2) is 21.1 Å². The van der Waals surface area contributed by atoms with Crippen molar-refractivity contribution in [3.05, 3.63) is 33.3 Å². The van der Waals surface area contributed by atoms with Gasteiger partial charge in [0.2, 0.25) is 0 Å². The van der Waals surface area contributed by atoms with Crippen LogP contribution in [0.5, 0.6) is 0 Å². The van der Waals surface area contributed by atoms with Crippen molar-refractivity contribution in [2.75, 3.05) is 6.54 Å². The molecule has 2 aromatic heterocycles. The Bertz CT molecular complexity index is 689. The molecule has 1 unspecified atom stereocenters. The lowest BCUT2D eigenvalue weighted by Gasteiger charge is -2.23. The minimum absolute atomic E-state index is 0.326. The number of nitrogens with one attached hydrogen (secondary N) is 1. The van der Waals surface area contributed by atoms with Gasteiger partial charge in [0.1, 0.15) is 5.82 Å². The van der Waals surface area contributed by atoms with Crippen molar-refractivity contribution in [3.63, 3.8) is 0 Å². The minimum atomic E-state index is -4.36. The lowest BCUT2D eigenvalue weighted by Crippen LogP contribution is -2.29. The zero-order valence-corrected chi connectivity index (χ0v) is 13.9. The van der Waals surface area contributed by atoms with Gasteiger partial charge in [0, 0.05) is 37.1 Å². The Kier molecular flexibility index (Phi) is 4.46. The van der Waals surface area contributed by atoms with Crippen LogP contribution in [0.1, 0.15) is 33.5 Å². The summed E-state index contributed by atoms with van der Waals surface area (Å²) in [4.78, 5) is 9.32. The molecular formula is C15H19F3N4S. The van der Waals surface area contributed by atoms with E-state index in [0.29, 0.717) is 24.7 Å². The van der Waals surface area contributed by atoms with E-state index in [1.807, 2.05) is 13.8 Å². The van der Waals surface area contributed by atoms with Crippen molar-refractivity contribution in [2.24, 2.45) is 5.92 Å². The van der Waals surface area contributed by atoms with Gasteiger partial charge in [0.25, 0.3) is 0 Å². The zero-order chi connectivity index (χ0) is 16.6. The molecule has 2 aromatic rings. The van der Waals surface area contributed by atoms with Crippen molar-refractivity contribution in [2.45, 2.75) is 46.0 Å². The van der Waals surface area contributed by atoms with Gasteiger partial charge in [-0.05, 0) is 26.2 Å². The van der Waals surface area contributed by atoms with Crippen LogP contribution >= 0.6 is 11.3 Å². The van der Waals surface area contributed by atoms with Crippen LogP contribution < -0.4 is 5.32 Å². The average molecular weight is 344 g/mol. The maximum Gasteiger partial charge on any atom is 0.434 e. The fraction of sp³-hybridized carbons (Fsp3) is 0.600. The molecule has 0 aromatic carbocycles. The van der Waals surface area contributed by atoms with Gasteiger partial charge in [0.05, 0.1) is 10.7 Å². The Labute approximate surface area is 136 Å². The number of hydrogen-bond acceptors (Lipinski definition) is 4. The summed E-state index contributed by atoms with van der Waals surface area (Å²) in [6, 6.07) is 0. The highest BCUT2D eigenvalue weighted by molar-refractivity contribution is 7.11. The third-order valence-corrected chi connectivity index (χ3v) is 5.17. The number of alkyl halides is 3. The summed E-state index contributed by atoms with van der Waals surface area (Å²) < 4.78 is 39.8. The first-order valence-electron chi connectivity index (χ1n) is 7.60. The summed E-state index contributed by atoms with van der Waals surface area (Å²) in [6.07, 6.45) is -1.76. The smallest absolute Gasteiger partial charge is 0.334 e. The predicted octanol–water partition coefficient (Wildman–Crippen LogP) is 3.33. The van der Waals surface area contributed by atoms with E-state index < -0.39 is 11.9 Å². The fourth-order valence-electron chi connectivity index (χ4n) is 2.95. The number of nitrogens with zero attached hydrogens (tertiary/aromatic N) is 3. The number of halogens is 3. The maximum absolute atomic E-state index is 12.7. The lowest BCUT2D eigenvalue weighted by molar-refractivity contribution is -0.141. The van der Waals surface area contributed by atoms with E-state index in [9.17, 15) is 13.2 Å². The van der Waals surface area contributed by atoms with Crippen LogP contribution in [0.25, 0.3) is 0 Å². The molecule has 8 heteroatoms. The number of aryl methyl sites for hydroxylation is 3. The van der Waals surface area contributed by atoms with Gasteiger partial charge in [0.15, 0.2) is 5.69 Å². The van der Waals surface area contributed by atoms with Crippen molar-refractivity contribution in [1.29, 1.82) is 0 Å². The molecule has 1 aliphatic heterocycles. The third kappa shape index (κ3) is 3.74. The van der Waals surface area contributed by atoms with E-state index in [1.54, 1.807) is 15.9 Å². The number of fused-ring (bicyclic) bond motifs is 1. The SMILES string of the molecule is Cc1nc(C)c(CNCC2CCc3nc(C(F)(F)F)cn3C2)s1. The van der Waals surface area contributed by atoms with E-state index in [2.05, 4.69) is 15.3 Å². The van der Waals surface area contributed by atoms with Crippen molar-refractivity contribution in [1.82, 2.24) is 19.9 Å². The largest absolute Gasteiger partial charge is 0.434 e. The highest BCUT2D eigenvalue weighted by Gasteiger charge is 2.35. The molecule has 3 heterocycles. The van der Waals surface area contributed by atoms with Gasteiger partial charge < -0.3 is 9.88 Å². The number of hydrogen-bond donors (Lipinski definition) is 1. The van der Waals surface area contributed by atoms with E-state index in [4.69, 9.17) is 0 Å². The molecule has 0 fully saturated rings. The van der Waals surface area contributed by atoms with Crippen LogP contribution in [0.4, 0.5) is 13.2 Å². The van der Waals surface area contributed by atoms with Gasteiger partial charge in [-0.2, -0.15) is 13.2 Å². The molecule has 3 rings (SSSR count). The average Bonchev–Trinajstić information content (AvgIpc) is 3.01. The summed E-state index contributed by atoms with van der Waals surface area (Å²) in [7, 11) is 0. The second kappa shape index (κ2) is 6.24. The molecule has 0 saturated carbocycles. The molecule has 0 spiro atoms. The first-order chi connectivity index (χ1) is 10.8. The summed E-state index contributed by atoms with van der Waals surface area (Å²) >= 11 is 1.68. The van der Waals surface area contributed by atoms with Crippen molar-refractivity contribution >= 4 is 11.3 Å². The Morgan fingerprint density at radius 3 is 2.78 bits per heavy atom. The molecule has 1 atom stereocenters. The molecule has 0 bridgehead atoms. The summed E-state index contributed by atoms with van der Waals surface area (Å²) in [5.41, 5.74) is 0.271. The van der Waals surface area contributed by atoms with Crippen molar-refractivity contribution < 1.29 is 13.2 Å². The molecule has 23 heavy (non-hydrogen) atoms. The standard InChI is InChI=1S/C15H19F3N4S/c1-9-12(23-10(2)20-9)6-19-5-11-3-4-14-21-13(15(16,17)18)8-22(14)7-11/h8,11,19H,3-7H2,1-2H3. The normalized spacial score (nSPS) is 18.2. The molecule has 0 aliphatic carbocycles. The van der Waals surface area contributed by atoms with Crippen LogP contribution in [0.2, 0.25) is 0 Å². The van der Waals surface area contributed by atoms with E-state index in [1.165, 1.54) is 4.88 Å². The molecule has 1 aliphatic rings. The minimum Gasteiger partial charge on any atom is -0.334 e. The van der Waals surface area contributed by atoms with Gasteiger partial charge >= 0.3 is 6.18 Å². The molecule has 0 amide bonds. The third-order valence-electron chi connectivity index (χ3n) is 4.10.